The number of amides is 1. The Bertz CT molecular complexity index is 982. The predicted molar refractivity (Wildman–Crippen MR) is 122 cm³/mol. The van der Waals surface area contributed by atoms with Crippen molar-refractivity contribution in [2.45, 2.75) is 11.4 Å². The van der Waals surface area contributed by atoms with Crippen LogP contribution >= 0.6 is 27.7 Å². The molecule has 6 nitrogen and oxygen atoms in total. The standard InChI is InChI=1S/C22H22BrN3O3S/c1-28-19-9-3-15(13-20(19)29-2)11-12-24-21(27)14-30-22-10-8-18(25-26-22)16-4-6-17(23)7-5-16/h3-10,13H,11-12,14H2,1-2H3,(H,24,27). The van der Waals surface area contributed by atoms with Crippen LogP contribution in [0.5, 0.6) is 11.5 Å². The van der Waals surface area contributed by atoms with Gasteiger partial charge in [0, 0.05) is 16.6 Å². The van der Waals surface area contributed by atoms with Crippen LogP contribution in [0.25, 0.3) is 11.3 Å². The number of rotatable bonds is 9. The summed E-state index contributed by atoms with van der Waals surface area (Å²) >= 11 is 4.78. The number of methoxy groups -OCH3 is 2. The number of benzene rings is 2. The molecule has 0 saturated carbocycles. The zero-order chi connectivity index (χ0) is 21.3. The summed E-state index contributed by atoms with van der Waals surface area (Å²) in [6.07, 6.45) is 0.707. The Hall–Kier alpha value is -2.58. The van der Waals surface area contributed by atoms with Crippen molar-refractivity contribution in [1.82, 2.24) is 15.5 Å². The Morgan fingerprint density at radius 3 is 2.43 bits per heavy atom. The fourth-order valence-electron chi connectivity index (χ4n) is 2.74. The van der Waals surface area contributed by atoms with Crippen molar-refractivity contribution < 1.29 is 14.3 Å². The van der Waals surface area contributed by atoms with E-state index in [4.69, 9.17) is 9.47 Å². The van der Waals surface area contributed by atoms with Crippen molar-refractivity contribution in [2.75, 3.05) is 26.5 Å². The number of carbonyl (C=O) groups is 1. The van der Waals surface area contributed by atoms with Gasteiger partial charge in [-0.2, -0.15) is 0 Å². The summed E-state index contributed by atoms with van der Waals surface area (Å²) in [5.41, 5.74) is 2.86. The molecule has 1 aromatic heterocycles. The lowest BCUT2D eigenvalue weighted by molar-refractivity contribution is -0.118. The first kappa shape index (κ1) is 22.1. The highest BCUT2D eigenvalue weighted by atomic mass is 79.9. The zero-order valence-corrected chi connectivity index (χ0v) is 19.1. The topological polar surface area (TPSA) is 73.3 Å². The van der Waals surface area contributed by atoms with Crippen molar-refractivity contribution in [2.24, 2.45) is 0 Å². The van der Waals surface area contributed by atoms with E-state index in [0.717, 1.165) is 21.3 Å². The molecule has 1 heterocycles. The van der Waals surface area contributed by atoms with Crippen LogP contribution in [0.4, 0.5) is 0 Å². The smallest absolute Gasteiger partial charge is 0.230 e. The molecule has 0 atom stereocenters. The van der Waals surface area contributed by atoms with Crippen LogP contribution in [-0.4, -0.2) is 42.6 Å². The highest BCUT2D eigenvalue weighted by Crippen LogP contribution is 2.27. The van der Waals surface area contributed by atoms with E-state index in [-0.39, 0.29) is 11.7 Å². The van der Waals surface area contributed by atoms with Gasteiger partial charge < -0.3 is 14.8 Å². The molecule has 0 saturated heterocycles. The molecule has 0 spiro atoms. The minimum atomic E-state index is -0.0423. The van der Waals surface area contributed by atoms with Crippen LogP contribution in [0.15, 0.2) is 64.1 Å². The van der Waals surface area contributed by atoms with E-state index in [2.05, 4.69) is 31.4 Å². The van der Waals surface area contributed by atoms with E-state index in [0.29, 0.717) is 29.5 Å². The minimum Gasteiger partial charge on any atom is -0.493 e. The molecule has 3 rings (SSSR count). The molecule has 30 heavy (non-hydrogen) atoms. The van der Waals surface area contributed by atoms with E-state index in [1.165, 1.54) is 11.8 Å². The molecule has 0 aliphatic carbocycles. The van der Waals surface area contributed by atoms with Gasteiger partial charge in [0.1, 0.15) is 5.03 Å². The first-order chi connectivity index (χ1) is 14.6. The number of ether oxygens (including phenoxy) is 2. The highest BCUT2D eigenvalue weighted by Gasteiger charge is 2.07. The van der Waals surface area contributed by atoms with Gasteiger partial charge in [-0.25, -0.2) is 0 Å². The normalized spacial score (nSPS) is 10.5. The number of hydrogen-bond acceptors (Lipinski definition) is 6. The van der Waals surface area contributed by atoms with E-state index >= 15 is 0 Å². The van der Waals surface area contributed by atoms with Gasteiger partial charge in [-0.15, -0.1) is 10.2 Å². The van der Waals surface area contributed by atoms with Crippen molar-refractivity contribution in [3.8, 4) is 22.8 Å². The maximum Gasteiger partial charge on any atom is 0.230 e. The number of hydrogen-bond donors (Lipinski definition) is 1. The number of aromatic nitrogens is 2. The number of halogens is 1. The Kier molecular flexibility index (Phi) is 8.10. The van der Waals surface area contributed by atoms with Crippen molar-refractivity contribution in [3.63, 3.8) is 0 Å². The lowest BCUT2D eigenvalue weighted by Gasteiger charge is -2.10. The average molecular weight is 488 g/mol. The second-order valence-corrected chi connectivity index (χ2v) is 8.25. The summed E-state index contributed by atoms with van der Waals surface area (Å²) < 4.78 is 11.6. The maximum absolute atomic E-state index is 12.1. The summed E-state index contributed by atoms with van der Waals surface area (Å²) in [7, 11) is 3.21. The molecule has 156 valence electrons. The monoisotopic (exact) mass is 487 g/mol. The van der Waals surface area contributed by atoms with Gasteiger partial charge in [0.25, 0.3) is 0 Å². The fourth-order valence-corrected chi connectivity index (χ4v) is 3.65. The van der Waals surface area contributed by atoms with Crippen molar-refractivity contribution in [3.05, 3.63) is 64.6 Å². The van der Waals surface area contributed by atoms with Crippen LogP contribution in [0.3, 0.4) is 0 Å². The number of nitrogens with zero attached hydrogens (tertiary/aromatic N) is 2. The van der Waals surface area contributed by atoms with Gasteiger partial charge in [0.15, 0.2) is 11.5 Å². The molecule has 0 aliphatic heterocycles. The summed E-state index contributed by atoms with van der Waals surface area (Å²) in [5, 5.41) is 12.1. The summed E-state index contributed by atoms with van der Waals surface area (Å²) in [6.45, 7) is 0.545. The second kappa shape index (κ2) is 11.0. The zero-order valence-electron chi connectivity index (χ0n) is 16.7. The van der Waals surface area contributed by atoms with Crippen molar-refractivity contribution in [1.29, 1.82) is 0 Å². The van der Waals surface area contributed by atoms with E-state index < -0.39 is 0 Å². The first-order valence-electron chi connectivity index (χ1n) is 9.29. The Labute approximate surface area is 188 Å². The molecule has 0 bridgehead atoms. The van der Waals surface area contributed by atoms with Crippen molar-refractivity contribution >= 4 is 33.6 Å². The molecule has 3 aromatic rings. The summed E-state index contributed by atoms with van der Waals surface area (Å²) in [4.78, 5) is 12.1. The van der Waals surface area contributed by atoms with Crippen LogP contribution < -0.4 is 14.8 Å². The number of carbonyl (C=O) groups excluding carboxylic acids is 1. The van der Waals surface area contributed by atoms with E-state index in [1.54, 1.807) is 14.2 Å². The summed E-state index contributed by atoms with van der Waals surface area (Å²) in [6, 6.07) is 17.4. The summed E-state index contributed by atoms with van der Waals surface area (Å²) in [5.74, 6) is 1.62. The average Bonchev–Trinajstić information content (AvgIpc) is 2.78. The molecular weight excluding hydrogens is 466 g/mol. The molecule has 8 heteroatoms. The van der Waals surface area contributed by atoms with Crippen LogP contribution in [0.2, 0.25) is 0 Å². The molecule has 0 aliphatic rings. The molecular formula is C22H22BrN3O3S. The lowest BCUT2D eigenvalue weighted by Crippen LogP contribution is -2.27. The van der Waals surface area contributed by atoms with Gasteiger partial charge in [-0.3, -0.25) is 4.79 Å². The van der Waals surface area contributed by atoms with Crippen LogP contribution in [0, 0.1) is 0 Å². The molecule has 0 unspecified atom stereocenters. The predicted octanol–water partition coefficient (Wildman–Crippen LogP) is 4.37. The molecule has 1 N–H and O–H groups in total. The second-order valence-electron chi connectivity index (χ2n) is 6.34. The third kappa shape index (κ3) is 6.21. The maximum atomic E-state index is 12.1. The largest absolute Gasteiger partial charge is 0.493 e. The van der Waals surface area contributed by atoms with Crippen LogP contribution in [0.1, 0.15) is 5.56 Å². The molecule has 0 fully saturated rings. The first-order valence-corrected chi connectivity index (χ1v) is 11.1. The Morgan fingerprint density at radius 2 is 1.77 bits per heavy atom. The fraction of sp³-hybridized carbons (Fsp3) is 0.227. The SMILES string of the molecule is COc1ccc(CCNC(=O)CSc2ccc(-c3ccc(Br)cc3)nn2)cc1OC. The van der Waals surface area contributed by atoms with E-state index in [1.807, 2.05) is 54.6 Å². The number of nitrogens with one attached hydrogen (secondary N) is 1. The molecule has 2 aromatic carbocycles. The third-order valence-corrected chi connectivity index (χ3v) is 5.76. The highest BCUT2D eigenvalue weighted by molar-refractivity contribution is 9.10. The van der Waals surface area contributed by atoms with Gasteiger partial charge >= 0.3 is 0 Å². The van der Waals surface area contributed by atoms with Crippen LogP contribution in [-0.2, 0) is 11.2 Å². The van der Waals surface area contributed by atoms with Gasteiger partial charge in [0.05, 0.1) is 25.7 Å². The lowest BCUT2D eigenvalue weighted by atomic mass is 10.1. The molecule has 0 radical (unpaired) electrons. The third-order valence-electron chi connectivity index (χ3n) is 4.32. The van der Waals surface area contributed by atoms with E-state index in [9.17, 15) is 4.79 Å². The van der Waals surface area contributed by atoms with Gasteiger partial charge in [0.2, 0.25) is 5.91 Å². The van der Waals surface area contributed by atoms with Gasteiger partial charge in [-0.1, -0.05) is 45.9 Å². The molecule has 1 amide bonds. The Morgan fingerprint density at radius 1 is 1.00 bits per heavy atom. The minimum absolute atomic E-state index is 0.0423. The quantitative estimate of drug-likeness (QED) is 0.451. The Balaban J connectivity index is 1.44. The number of thioether (sulfide) groups is 1. The van der Waals surface area contributed by atoms with Gasteiger partial charge in [-0.05, 0) is 48.4 Å².